The van der Waals surface area contributed by atoms with Crippen molar-refractivity contribution in [1.82, 2.24) is 4.72 Å². The molecule has 37 heavy (non-hydrogen) atoms. The monoisotopic (exact) mass is 661 g/mol. The second-order valence-corrected chi connectivity index (χ2v) is 10.4. The van der Waals surface area contributed by atoms with Crippen LogP contribution in [-0.4, -0.2) is 25.7 Å². The zero-order valence-corrected chi connectivity index (χ0v) is 24.6. The average molecular weight is 662 g/mol. The topological polar surface area (TPSA) is 66.4 Å². The Kier molecular flexibility index (Phi) is 18.2. The molecule has 0 aromatic heterocycles. The fourth-order valence-corrected chi connectivity index (χ4v) is 5.09. The van der Waals surface area contributed by atoms with Gasteiger partial charge in [-0.25, -0.2) is 13.1 Å². The van der Waals surface area contributed by atoms with Crippen molar-refractivity contribution in [2.45, 2.75) is 24.0 Å². The minimum Gasteiger partial charge on any atom is -0.391 e. The Morgan fingerprint density at radius 1 is 0.703 bits per heavy atom. The van der Waals surface area contributed by atoms with Gasteiger partial charge in [-0.1, -0.05) is 33.6 Å². The van der Waals surface area contributed by atoms with Crippen molar-refractivity contribution in [2.75, 3.05) is 0 Å². The van der Waals surface area contributed by atoms with E-state index in [4.69, 9.17) is 0 Å². The minimum atomic E-state index is -3.79. The van der Waals surface area contributed by atoms with Gasteiger partial charge in [0, 0.05) is 11.8 Å². The number of nitrogens with one attached hydrogen (secondary N) is 1. The number of hydrogen-bond acceptors (Lipinski definition) is 3. The predicted octanol–water partition coefficient (Wildman–Crippen LogP) is 4.57. The van der Waals surface area contributed by atoms with E-state index in [1.165, 1.54) is 0 Å². The Hall–Kier alpha value is 0.609. The first-order chi connectivity index (χ1) is 16.9. The molecule has 2 N–H and O–H groups in total. The Balaban J connectivity index is 0.000000474. The van der Waals surface area contributed by atoms with Crippen LogP contribution in [0.5, 0.6) is 0 Å². The van der Waals surface area contributed by atoms with Crippen LogP contribution in [0, 0.1) is 133 Å². The number of rotatable bonds is 6. The molecule has 8 heteroatoms. The van der Waals surface area contributed by atoms with Gasteiger partial charge in [0.1, 0.15) is 0 Å². The largest absolute Gasteiger partial charge is 2.00 e. The van der Waals surface area contributed by atoms with Crippen LogP contribution in [-0.2, 0) is 44.2 Å². The van der Waals surface area contributed by atoms with Crippen LogP contribution in [0.4, 0.5) is 0 Å². The molecule has 0 spiro atoms. The summed E-state index contributed by atoms with van der Waals surface area (Å²) in [6.45, 7) is 1.90. The van der Waals surface area contributed by atoms with Gasteiger partial charge in [0.15, 0.2) is 0 Å². The number of benzene rings is 1. The average Bonchev–Trinajstić information content (AvgIpc) is 3.68. The molecule has 20 radical (unpaired) electrons. The fraction of sp³-hybridized carbons (Fsp3) is 0.103. The molecule has 0 unspecified atom stereocenters. The summed E-state index contributed by atoms with van der Waals surface area (Å²) in [7, 11) is -3.79. The van der Waals surface area contributed by atoms with E-state index in [9.17, 15) is 13.5 Å². The molecule has 0 bridgehead atoms. The third kappa shape index (κ3) is 11.9. The summed E-state index contributed by atoms with van der Waals surface area (Å²) in [6, 6.07) is 5.80. The number of aliphatic hydroxyl groups is 1. The van der Waals surface area contributed by atoms with E-state index in [0.717, 1.165) is 10.4 Å². The van der Waals surface area contributed by atoms with Crippen molar-refractivity contribution >= 4 is 26.0 Å². The maximum absolute atomic E-state index is 12.8. The minimum absolute atomic E-state index is 0. The molecule has 4 fully saturated rings. The van der Waals surface area contributed by atoms with Crippen molar-refractivity contribution in [3.8, 4) is 0 Å². The summed E-state index contributed by atoms with van der Waals surface area (Å²) >= 11 is 3.43. The number of aliphatic hydroxyl groups excluding tert-OH is 1. The Morgan fingerprint density at radius 3 is 1.57 bits per heavy atom. The first-order valence-electron chi connectivity index (χ1n) is 11.1. The second-order valence-electron chi connectivity index (χ2n) is 7.83. The molecule has 2 atom stereocenters. The van der Waals surface area contributed by atoms with Crippen molar-refractivity contribution in [3.63, 3.8) is 0 Å². The van der Waals surface area contributed by atoms with Gasteiger partial charge in [0.25, 0.3) is 0 Å². The van der Waals surface area contributed by atoms with Crippen molar-refractivity contribution in [1.29, 1.82) is 0 Å². The fourth-order valence-electron chi connectivity index (χ4n) is 3.33. The summed E-state index contributed by atoms with van der Waals surface area (Å²) in [4.78, 5) is 0.912. The molecule has 4 saturated carbocycles. The second kappa shape index (κ2) is 18.9. The summed E-state index contributed by atoms with van der Waals surface area (Å²) in [5, 5.41) is 10.8. The van der Waals surface area contributed by atoms with Gasteiger partial charge < -0.3 is 5.11 Å². The van der Waals surface area contributed by atoms with Crippen LogP contribution >= 0.6 is 15.9 Å². The SMILES string of the molecule is Cc1ccc(S(=O)(=O)N[C@H]([C]2[CH][CH][CH][C]2Br)[C@@H](O)[C]2[CH][CH][CH][CH]2)cc1.[CH]1[CH][CH][CH][CH]1.[CH]1[CH][CH][CH][CH]1.[Fe+2].[Fe+2]. The molecular formula is C29H28BrFe2NO3S+4. The van der Waals surface area contributed by atoms with E-state index in [0.29, 0.717) is 11.8 Å². The number of sulfonamides is 1. The molecule has 0 saturated heterocycles. The summed E-state index contributed by atoms with van der Waals surface area (Å²) in [6.07, 6.45) is 31.6. The van der Waals surface area contributed by atoms with Gasteiger partial charge in [-0.2, -0.15) is 0 Å². The third-order valence-corrected chi connectivity index (χ3v) is 7.38. The molecule has 5 rings (SSSR count). The van der Waals surface area contributed by atoms with Gasteiger partial charge >= 0.3 is 34.1 Å². The Morgan fingerprint density at radius 2 is 1.16 bits per heavy atom. The molecule has 192 valence electrons. The zero-order valence-electron chi connectivity index (χ0n) is 20.0. The van der Waals surface area contributed by atoms with Gasteiger partial charge in [0.05, 0.1) is 21.9 Å². The third-order valence-electron chi connectivity index (χ3n) is 5.20. The molecule has 4 aliphatic rings. The van der Waals surface area contributed by atoms with Crippen LogP contribution in [0.1, 0.15) is 5.56 Å². The maximum atomic E-state index is 12.8. The molecule has 0 heterocycles. The van der Waals surface area contributed by atoms with Crippen molar-refractivity contribution in [3.05, 3.63) is 156 Å². The predicted molar refractivity (Wildman–Crippen MR) is 143 cm³/mol. The molecular weight excluding hydrogens is 634 g/mol. The first-order valence-corrected chi connectivity index (χ1v) is 13.4. The van der Waals surface area contributed by atoms with Crippen LogP contribution in [0.15, 0.2) is 29.2 Å². The number of aryl methyl sites for hydroxylation is 1. The van der Waals surface area contributed by atoms with Crippen LogP contribution in [0.2, 0.25) is 0 Å². The smallest absolute Gasteiger partial charge is 0.391 e. The quantitative estimate of drug-likeness (QED) is 0.439. The zero-order chi connectivity index (χ0) is 25.1. The van der Waals surface area contributed by atoms with Crippen molar-refractivity contribution < 1.29 is 47.7 Å². The molecule has 0 amide bonds. The Labute approximate surface area is 256 Å². The van der Waals surface area contributed by atoms with E-state index in [-0.39, 0.29) is 39.0 Å². The molecule has 4 aliphatic carbocycles. The van der Waals surface area contributed by atoms with Crippen LogP contribution in [0.25, 0.3) is 0 Å². The first kappa shape index (κ1) is 35.6. The standard InChI is InChI=1S/C19H18BrNO3S.2C5H5.2Fe/c1-13-9-11-15(12-10-13)25(23,24)21-18(16-7-4-8-17(16)20)19(22)14-5-2-3-6-14;2*1-2-4-5-3-1;;/h2-12,18-19,21-22H,1H3;2*1-5H;;/q;;;2*+2/t18-,19+;;;;/m1..../s1. The van der Waals surface area contributed by atoms with E-state index in [2.05, 4.69) is 20.7 Å². The van der Waals surface area contributed by atoms with E-state index < -0.39 is 22.2 Å². The van der Waals surface area contributed by atoms with Gasteiger partial charge in [-0.15, -0.1) is 0 Å². The summed E-state index contributed by atoms with van der Waals surface area (Å²) in [5.74, 6) is 1.34. The number of halogens is 1. The summed E-state index contributed by atoms with van der Waals surface area (Å²) in [5.41, 5.74) is 0.978. The van der Waals surface area contributed by atoms with E-state index in [1.54, 1.807) is 43.5 Å². The van der Waals surface area contributed by atoms with Gasteiger partial charge in [-0.3, -0.25) is 0 Å². The molecule has 0 aliphatic heterocycles. The van der Waals surface area contributed by atoms with Gasteiger partial charge in [-0.05, 0) is 128 Å². The van der Waals surface area contributed by atoms with E-state index in [1.807, 2.05) is 96.8 Å². The molecule has 4 nitrogen and oxygen atoms in total. The maximum Gasteiger partial charge on any atom is 2.00 e. The van der Waals surface area contributed by atoms with E-state index >= 15 is 0 Å². The normalized spacial score (nSPS) is 22.1. The van der Waals surface area contributed by atoms with Crippen LogP contribution < -0.4 is 4.72 Å². The van der Waals surface area contributed by atoms with Crippen LogP contribution in [0.3, 0.4) is 0 Å². The summed E-state index contributed by atoms with van der Waals surface area (Å²) < 4.78 is 28.2. The van der Waals surface area contributed by atoms with Gasteiger partial charge in [0.2, 0.25) is 10.0 Å². The molecule has 1 aromatic carbocycles. The number of hydrogen-bond donors (Lipinski definition) is 2. The van der Waals surface area contributed by atoms with Crippen molar-refractivity contribution in [2.24, 2.45) is 0 Å². The Bertz CT molecular complexity index is 801. The molecule has 1 aromatic rings.